The molecule has 1 aromatic rings. The van der Waals surface area contributed by atoms with Gasteiger partial charge in [0.15, 0.2) is 0 Å². The second-order valence-electron chi connectivity index (χ2n) is 5.22. The smallest absolute Gasteiger partial charge is 0.245 e. The van der Waals surface area contributed by atoms with E-state index in [4.69, 9.17) is 10.5 Å². The fourth-order valence-electron chi connectivity index (χ4n) is 2.48. The average molecular weight is 301 g/mol. The van der Waals surface area contributed by atoms with Crippen LogP contribution in [-0.4, -0.2) is 42.6 Å². The molecular formula is C13H23N3O3S. The number of rotatable bonds is 4. The molecule has 20 heavy (non-hydrogen) atoms. The molecule has 1 aromatic heterocycles. The van der Waals surface area contributed by atoms with Crippen molar-refractivity contribution in [1.29, 1.82) is 0 Å². The highest BCUT2D eigenvalue weighted by Gasteiger charge is 2.34. The first-order valence-corrected chi connectivity index (χ1v) is 8.36. The monoisotopic (exact) mass is 301 g/mol. The SMILES string of the molecule is CCn1cc(S(=O)(=O)N2CC(C)OCC2C)cc1CN. The van der Waals surface area contributed by atoms with Gasteiger partial charge in [-0.1, -0.05) is 0 Å². The van der Waals surface area contributed by atoms with Gasteiger partial charge in [-0.3, -0.25) is 0 Å². The average Bonchev–Trinajstić information content (AvgIpc) is 2.85. The summed E-state index contributed by atoms with van der Waals surface area (Å²) in [6.07, 6.45) is 1.59. The first-order valence-electron chi connectivity index (χ1n) is 6.92. The zero-order chi connectivity index (χ0) is 14.9. The normalized spacial score (nSPS) is 25.0. The van der Waals surface area contributed by atoms with E-state index in [-0.39, 0.29) is 12.1 Å². The zero-order valence-corrected chi connectivity index (χ0v) is 13.1. The molecule has 6 nitrogen and oxygen atoms in total. The van der Waals surface area contributed by atoms with E-state index in [1.807, 2.05) is 25.3 Å². The molecule has 0 saturated carbocycles. The molecule has 2 atom stereocenters. The summed E-state index contributed by atoms with van der Waals surface area (Å²) in [6.45, 7) is 7.57. The second kappa shape index (κ2) is 5.85. The van der Waals surface area contributed by atoms with Crippen molar-refractivity contribution in [3.63, 3.8) is 0 Å². The van der Waals surface area contributed by atoms with E-state index < -0.39 is 10.0 Å². The molecule has 0 bridgehead atoms. The number of aromatic nitrogens is 1. The van der Waals surface area contributed by atoms with Gasteiger partial charge in [-0.15, -0.1) is 0 Å². The number of morpholine rings is 1. The summed E-state index contributed by atoms with van der Waals surface area (Å²) >= 11 is 0. The van der Waals surface area contributed by atoms with Gasteiger partial charge in [0, 0.05) is 37.6 Å². The third kappa shape index (κ3) is 2.76. The third-order valence-electron chi connectivity index (χ3n) is 3.67. The van der Waals surface area contributed by atoms with E-state index in [1.54, 1.807) is 12.3 Å². The van der Waals surface area contributed by atoms with Crippen molar-refractivity contribution in [1.82, 2.24) is 8.87 Å². The van der Waals surface area contributed by atoms with Crippen LogP contribution in [0.25, 0.3) is 0 Å². The lowest BCUT2D eigenvalue weighted by Gasteiger charge is -2.35. The van der Waals surface area contributed by atoms with Gasteiger partial charge in [0.1, 0.15) is 4.90 Å². The molecule has 7 heteroatoms. The van der Waals surface area contributed by atoms with E-state index in [2.05, 4.69) is 0 Å². The summed E-state index contributed by atoms with van der Waals surface area (Å²) in [4.78, 5) is 0.320. The molecule has 1 aliphatic rings. The Bertz CT molecular complexity index is 546. The quantitative estimate of drug-likeness (QED) is 0.891. The van der Waals surface area contributed by atoms with Crippen LogP contribution in [0.5, 0.6) is 0 Å². The Morgan fingerprint density at radius 1 is 1.45 bits per heavy atom. The number of hydrogen-bond donors (Lipinski definition) is 1. The summed E-state index contributed by atoms with van der Waals surface area (Å²) in [5.74, 6) is 0. The molecular weight excluding hydrogens is 278 g/mol. The van der Waals surface area contributed by atoms with Crippen molar-refractivity contribution in [3.8, 4) is 0 Å². The Morgan fingerprint density at radius 2 is 2.15 bits per heavy atom. The van der Waals surface area contributed by atoms with Crippen molar-refractivity contribution in [3.05, 3.63) is 18.0 Å². The lowest BCUT2D eigenvalue weighted by atomic mass is 10.2. The van der Waals surface area contributed by atoms with E-state index in [0.717, 1.165) is 5.69 Å². The Hall–Kier alpha value is -0.890. The summed E-state index contributed by atoms with van der Waals surface area (Å²) in [5.41, 5.74) is 6.49. The van der Waals surface area contributed by atoms with Crippen LogP contribution in [0.3, 0.4) is 0 Å². The molecule has 2 rings (SSSR count). The minimum atomic E-state index is -3.49. The fourth-order valence-corrected chi connectivity index (χ4v) is 4.23. The Balaban J connectivity index is 2.36. The van der Waals surface area contributed by atoms with Crippen LogP contribution < -0.4 is 5.73 Å². The van der Waals surface area contributed by atoms with E-state index in [9.17, 15) is 8.42 Å². The number of nitrogens with two attached hydrogens (primary N) is 1. The van der Waals surface area contributed by atoms with Crippen molar-refractivity contribution >= 4 is 10.0 Å². The molecule has 2 unspecified atom stereocenters. The van der Waals surface area contributed by atoms with Gasteiger partial charge in [-0.2, -0.15) is 4.31 Å². The van der Waals surface area contributed by atoms with Crippen molar-refractivity contribution in [2.45, 2.75) is 50.9 Å². The van der Waals surface area contributed by atoms with Crippen LogP contribution in [-0.2, 0) is 27.8 Å². The van der Waals surface area contributed by atoms with Gasteiger partial charge in [0.05, 0.1) is 12.7 Å². The maximum Gasteiger partial charge on any atom is 0.245 e. The highest BCUT2D eigenvalue weighted by molar-refractivity contribution is 7.89. The third-order valence-corrected chi connectivity index (χ3v) is 5.61. The topological polar surface area (TPSA) is 77.6 Å². The maximum atomic E-state index is 12.8. The molecule has 1 saturated heterocycles. The van der Waals surface area contributed by atoms with Gasteiger partial charge >= 0.3 is 0 Å². The van der Waals surface area contributed by atoms with Crippen LogP contribution >= 0.6 is 0 Å². The molecule has 0 aromatic carbocycles. The largest absolute Gasteiger partial charge is 0.375 e. The molecule has 1 aliphatic heterocycles. The predicted molar refractivity (Wildman–Crippen MR) is 76.8 cm³/mol. The summed E-state index contributed by atoms with van der Waals surface area (Å²) in [6, 6.07) is 1.52. The van der Waals surface area contributed by atoms with E-state index in [1.165, 1.54) is 4.31 Å². The first-order chi connectivity index (χ1) is 9.40. The molecule has 0 aliphatic carbocycles. The van der Waals surface area contributed by atoms with Crippen molar-refractivity contribution in [2.75, 3.05) is 13.2 Å². The lowest BCUT2D eigenvalue weighted by Crippen LogP contribution is -2.49. The fraction of sp³-hybridized carbons (Fsp3) is 0.692. The zero-order valence-electron chi connectivity index (χ0n) is 12.2. The van der Waals surface area contributed by atoms with Gasteiger partial charge in [0.25, 0.3) is 0 Å². The molecule has 0 spiro atoms. The Labute approximate surface area is 120 Å². The summed E-state index contributed by atoms with van der Waals surface area (Å²) in [7, 11) is -3.49. The molecule has 0 amide bonds. The van der Waals surface area contributed by atoms with Gasteiger partial charge in [-0.05, 0) is 26.8 Å². The van der Waals surface area contributed by atoms with Crippen LogP contribution in [0.4, 0.5) is 0 Å². The van der Waals surface area contributed by atoms with Crippen LogP contribution in [0.1, 0.15) is 26.5 Å². The first kappa shape index (κ1) is 15.5. The molecule has 2 heterocycles. The maximum absolute atomic E-state index is 12.8. The standard InChI is InChI=1S/C13H23N3O3S/c1-4-15-8-13(5-12(15)6-14)20(17,18)16-7-11(3)19-9-10(16)2/h5,8,10-11H,4,6-7,9,14H2,1-3H3. The van der Waals surface area contributed by atoms with Crippen molar-refractivity contribution in [2.24, 2.45) is 5.73 Å². The lowest BCUT2D eigenvalue weighted by molar-refractivity contribution is -0.0170. The van der Waals surface area contributed by atoms with Crippen molar-refractivity contribution < 1.29 is 13.2 Å². The molecule has 0 radical (unpaired) electrons. The Morgan fingerprint density at radius 3 is 2.70 bits per heavy atom. The molecule has 114 valence electrons. The van der Waals surface area contributed by atoms with Crippen LogP contribution in [0, 0.1) is 0 Å². The van der Waals surface area contributed by atoms with E-state index >= 15 is 0 Å². The minimum absolute atomic E-state index is 0.0804. The highest BCUT2D eigenvalue weighted by atomic mass is 32.2. The Kier molecular flexibility index (Phi) is 4.53. The number of sulfonamides is 1. The van der Waals surface area contributed by atoms with Gasteiger partial charge in [0.2, 0.25) is 10.0 Å². The molecule has 1 fully saturated rings. The minimum Gasteiger partial charge on any atom is -0.375 e. The predicted octanol–water partition coefficient (Wildman–Crippen LogP) is 0.765. The van der Waals surface area contributed by atoms with Gasteiger partial charge < -0.3 is 15.0 Å². The number of hydrogen-bond acceptors (Lipinski definition) is 4. The number of ether oxygens (including phenoxy) is 1. The highest BCUT2D eigenvalue weighted by Crippen LogP contribution is 2.24. The van der Waals surface area contributed by atoms with E-state index in [0.29, 0.717) is 31.1 Å². The second-order valence-corrected chi connectivity index (χ2v) is 7.12. The molecule has 2 N–H and O–H groups in total. The van der Waals surface area contributed by atoms with Crippen LogP contribution in [0.2, 0.25) is 0 Å². The van der Waals surface area contributed by atoms with Crippen LogP contribution in [0.15, 0.2) is 17.2 Å². The van der Waals surface area contributed by atoms with Gasteiger partial charge in [-0.25, -0.2) is 8.42 Å². The summed E-state index contributed by atoms with van der Waals surface area (Å²) < 4.78 is 34.4. The summed E-state index contributed by atoms with van der Waals surface area (Å²) in [5, 5.41) is 0. The number of aryl methyl sites for hydroxylation is 1. The number of nitrogens with zero attached hydrogens (tertiary/aromatic N) is 2.